The fourth-order valence-electron chi connectivity index (χ4n) is 3.07. The van der Waals surface area contributed by atoms with E-state index in [1.54, 1.807) is 0 Å². The molecule has 0 radical (unpaired) electrons. The number of hydrogen-bond acceptors (Lipinski definition) is 1. The summed E-state index contributed by atoms with van der Waals surface area (Å²) >= 11 is 0. The highest BCUT2D eigenvalue weighted by Crippen LogP contribution is 2.45. The molecule has 1 N–H and O–H groups in total. The smallest absolute Gasteiger partial charge is 0.306 e. The fourth-order valence-corrected chi connectivity index (χ4v) is 3.07. The highest BCUT2D eigenvalue weighted by Gasteiger charge is 2.39. The van der Waals surface area contributed by atoms with Gasteiger partial charge in [0.25, 0.3) is 0 Å². The summed E-state index contributed by atoms with van der Waals surface area (Å²) in [5, 5.41) is 8.99. The van der Waals surface area contributed by atoms with Crippen LogP contribution in [0.25, 0.3) is 0 Å². The minimum Gasteiger partial charge on any atom is -0.481 e. The second-order valence-electron chi connectivity index (χ2n) is 4.23. The molecule has 2 aliphatic rings. The van der Waals surface area contributed by atoms with Crippen molar-refractivity contribution in [3.05, 3.63) is 0 Å². The molecule has 0 saturated heterocycles. The molecule has 0 spiro atoms. The summed E-state index contributed by atoms with van der Waals surface area (Å²) in [6, 6.07) is 0. The Hall–Kier alpha value is -0.530. The lowest BCUT2D eigenvalue weighted by Gasteiger charge is -2.30. The Labute approximate surface area is 73.0 Å². The van der Waals surface area contributed by atoms with Gasteiger partial charge in [0, 0.05) is 0 Å². The highest BCUT2D eigenvalue weighted by atomic mass is 16.4. The lowest BCUT2D eigenvalue weighted by atomic mass is 9.74. The van der Waals surface area contributed by atoms with Crippen LogP contribution in [-0.2, 0) is 4.79 Å². The van der Waals surface area contributed by atoms with E-state index in [-0.39, 0.29) is 5.92 Å². The summed E-state index contributed by atoms with van der Waals surface area (Å²) in [6.07, 6.45) is 7.07. The molecule has 3 atom stereocenters. The average molecular weight is 168 g/mol. The number of hydrogen-bond donors (Lipinski definition) is 1. The summed E-state index contributed by atoms with van der Waals surface area (Å²) in [5.74, 6) is 0.717. The maximum atomic E-state index is 10.9. The third-order valence-corrected chi connectivity index (χ3v) is 3.64. The van der Waals surface area contributed by atoms with Crippen molar-refractivity contribution in [3.63, 3.8) is 0 Å². The Morgan fingerprint density at radius 1 is 1.08 bits per heavy atom. The molecule has 0 aromatic carbocycles. The van der Waals surface area contributed by atoms with Gasteiger partial charge >= 0.3 is 5.97 Å². The fraction of sp³-hybridized carbons (Fsp3) is 0.900. The Bertz CT molecular complexity index is 188. The van der Waals surface area contributed by atoms with Crippen LogP contribution in [0.4, 0.5) is 0 Å². The van der Waals surface area contributed by atoms with Crippen LogP contribution in [0.1, 0.15) is 38.5 Å². The van der Waals surface area contributed by atoms with Gasteiger partial charge in [-0.15, -0.1) is 0 Å². The van der Waals surface area contributed by atoms with E-state index in [0.29, 0.717) is 5.92 Å². The number of carbonyl (C=O) groups is 1. The van der Waals surface area contributed by atoms with E-state index >= 15 is 0 Å². The lowest BCUT2D eigenvalue weighted by molar-refractivity contribution is -0.145. The summed E-state index contributed by atoms with van der Waals surface area (Å²) in [4.78, 5) is 10.9. The van der Waals surface area contributed by atoms with E-state index in [9.17, 15) is 4.79 Å². The van der Waals surface area contributed by atoms with Crippen molar-refractivity contribution in [2.24, 2.45) is 17.8 Å². The standard InChI is InChI=1S/C10H16O2/c11-10(12)9-6-2-4-7-3-1-5-8(7)9/h7-9H,1-6H2,(H,11,12)/t7-,8+,9+/m0/s1. The Morgan fingerprint density at radius 2 is 1.75 bits per heavy atom. The van der Waals surface area contributed by atoms with Crippen LogP contribution >= 0.6 is 0 Å². The Morgan fingerprint density at radius 3 is 2.42 bits per heavy atom. The van der Waals surface area contributed by atoms with Crippen LogP contribution < -0.4 is 0 Å². The molecule has 68 valence electrons. The zero-order chi connectivity index (χ0) is 8.55. The summed E-state index contributed by atoms with van der Waals surface area (Å²) < 4.78 is 0. The maximum absolute atomic E-state index is 10.9. The van der Waals surface area contributed by atoms with Gasteiger partial charge in [-0.05, 0) is 24.7 Å². The van der Waals surface area contributed by atoms with Crippen LogP contribution in [0.2, 0.25) is 0 Å². The molecule has 2 rings (SSSR count). The number of carboxylic acids is 1. The molecule has 0 heterocycles. The monoisotopic (exact) mass is 168 g/mol. The first-order valence-corrected chi connectivity index (χ1v) is 5.02. The topological polar surface area (TPSA) is 37.3 Å². The summed E-state index contributed by atoms with van der Waals surface area (Å²) in [6.45, 7) is 0. The number of aliphatic carboxylic acids is 1. The quantitative estimate of drug-likeness (QED) is 0.652. The van der Waals surface area contributed by atoms with Gasteiger partial charge in [-0.25, -0.2) is 0 Å². The normalized spacial score (nSPS) is 40.8. The molecular formula is C10H16O2. The molecule has 2 saturated carbocycles. The molecule has 2 nitrogen and oxygen atoms in total. The van der Waals surface area contributed by atoms with Crippen molar-refractivity contribution >= 4 is 5.97 Å². The molecule has 0 unspecified atom stereocenters. The zero-order valence-corrected chi connectivity index (χ0v) is 7.33. The SMILES string of the molecule is O=C(O)[C@@H]1CCC[C@@H]2CCC[C@H]21. The van der Waals surface area contributed by atoms with Gasteiger partial charge < -0.3 is 5.11 Å². The van der Waals surface area contributed by atoms with Gasteiger partial charge in [0.1, 0.15) is 0 Å². The molecule has 0 amide bonds. The van der Waals surface area contributed by atoms with Crippen LogP contribution in [0.5, 0.6) is 0 Å². The molecular weight excluding hydrogens is 152 g/mol. The van der Waals surface area contributed by atoms with Crippen LogP contribution in [-0.4, -0.2) is 11.1 Å². The predicted molar refractivity (Wildman–Crippen MR) is 45.8 cm³/mol. The largest absolute Gasteiger partial charge is 0.481 e. The third kappa shape index (κ3) is 1.23. The van der Waals surface area contributed by atoms with E-state index in [1.165, 1.54) is 25.7 Å². The van der Waals surface area contributed by atoms with Crippen molar-refractivity contribution in [3.8, 4) is 0 Å². The van der Waals surface area contributed by atoms with Gasteiger partial charge in [-0.2, -0.15) is 0 Å². The molecule has 0 bridgehead atoms. The Balaban J connectivity index is 2.08. The maximum Gasteiger partial charge on any atom is 0.306 e. The average Bonchev–Trinajstić information content (AvgIpc) is 2.49. The molecule has 12 heavy (non-hydrogen) atoms. The third-order valence-electron chi connectivity index (χ3n) is 3.64. The molecule has 2 aliphatic carbocycles. The van der Waals surface area contributed by atoms with Crippen LogP contribution in [0.15, 0.2) is 0 Å². The minimum atomic E-state index is -0.549. The highest BCUT2D eigenvalue weighted by molar-refractivity contribution is 5.70. The second-order valence-corrected chi connectivity index (χ2v) is 4.23. The van der Waals surface area contributed by atoms with E-state index in [1.807, 2.05) is 0 Å². The number of carboxylic acid groups (broad SMARTS) is 1. The van der Waals surface area contributed by atoms with E-state index in [2.05, 4.69) is 0 Å². The first-order chi connectivity index (χ1) is 5.79. The molecule has 0 aromatic heterocycles. The van der Waals surface area contributed by atoms with Crippen molar-refractivity contribution in [1.29, 1.82) is 0 Å². The summed E-state index contributed by atoms with van der Waals surface area (Å²) in [5.41, 5.74) is 0. The van der Waals surface area contributed by atoms with Crippen molar-refractivity contribution in [1.82, 2.24) is 0 Å². The van der Waals surface area contributed by atoms with E-state index < -0.39 is 5.97 Å². The second kappa shape index (κ2) is 3.08. The molecule has 0 aromatic rings. The predicted octanol–water partition coefficient (Wildman–Crippen LogP) is 2.29. The minimum absolute atomic E-state index is 0.00810. The zero-order valence-electron chi connectivity index (χ0n) is 7.33. The van der Waals surface area contributed by atoms with Gasteiger partial charge in [-0.1, -0.05) is 25.7 Å². The number of fused-ring (bicyclic) bond motifs is 1. The first kappa shape index (κ1) is 8.09. The molecule has 2 fully saturated rings. The first-order valence-electron chi connectivity index (χ1n) is 5.02. The van der Waals surface area contributed by atoms with Gasteiger partial charge in [0.15, 0.2) is 0 Å². The van der Waals surface area contributed by atoms with E-state index in [4.69, 9.17) is 5.11 Å². The molecule has 2 heteroatoms. The van der Waals surface area contributed by atoms with Gasteiger partial charge in [-0.3, -0.25) is 4.79 Å². The number of rotatable bonds is 1. The van der Waals surface area contributed by atoms with E-state index in [0.717, 1.165) is 18.8 Å². The van der Waals surface area contributed by atoms with Gasteiger partial charge in [0.2, 0.25) is 0 Å². The van der Waals surface area contributed by atoms with Crippen molar-refractivity contribution in [2.75, 3.05) is 0 Å². The molecule has 0 aliphatic heterocycles. The van der Waals surface area contributed by atoms with Crippen molar-refractivity contribution in [2.45, 2.75) is 38.5 Å². The van der Waals surface area contributed by atoms with Crippen molar-refractivity contribution < 1.29 is 9.90 Å². The van der Waals surface area contributed by atoms with Crippen LogP contribution in [0, 0.1) is 17.8 Å². The van der Waals surface area contributed by atoms with Gasteiger partial charge in [0.05, 0.1) is 5.92 Å². The summed E-state index contributed by atoms with van der Waals surface area (Å²) in [7, 11) is 0. The Kier molecular flexibility index (Phi) is 2.07. The lowest BCUT2D eigenvalue weighted by Crippen LogP contribution is -2.30. The van der Waals surface area contributed by atoms with Crippen LogP contribution in [0.3, 0.4) is 0 Å².